The molecule has 1 aliphatic heterocycles. The first-order chi connectivity index (χ1) is 18.5. The Balaban J connectivity index is 1.54. The summed E-state index contributed by atoms with van der Waals surface area (Å²) in [6.07, 6.45) is 2.49. The molecule has 0 spiro atoms. The first-order valence-electron chi connectivity index (χ1n) is 12.3. The third-order valence-electron chi connectivity index (χ3n) is 5.59. The van der Waals surface area contributed by atoms with Crippen molar-refractivity contribution in [3.8, 4) is 17.0 Å². The Hall–Kier alpha value is -4.12. The maximum absolute atomic E-state index is 14.7. The predicted molar refractivity (Wildman–Crippen MR) is 147 cm³/mol. The van der Waals surface area contributed by atoms with Gasteiger partial charge in [0.05, 0.1) is 29.2 Å². The first-order valence-corrected chi connectivity index (χ1v) is 12.7. The van der Waals surface area contributed by atoms with E-state index in [1.54, 1.807) is 46.1 Å². The van der Waals surface area contributed by atoms with Gasteiger partial charge in [-0.25, -0.2) is 14.2 Å². The van der Waals surface area contributed by atoms with Crippen LogP contribution in [0.5, 0.6) is 5.75 Å². The number of hydrogen-bond donors (Lipinski definition) is 3. The summed E-state index contributed by atoms with van der Waals surface area (Å²) in [5.74, 6) is 0.00146. The molecule has 0 saturated heterocycles. The van der Waals surface area contributed by atoms with Gasteiger partial charge in [-0.15, -0.1) is 0 Å². The highest BCUT2D eigenvalue weighted by Gasteiger charge is 2.22. The van der Waals surface area contributed by atoms with E-state index in [1.807, 2.05) is 0 Å². The van der Waals surface area contributed by atoms with E-state index < -0.39 is 23.4 Å². The Kier molecular flexibility index (Phi) is 8.39. The van der Waals surface area contributed by atoms with Crippen LogP contribution in [0, 0.1) is 5.82 Å². The number of hydrogen-bond acceptors (Lipinski definition) is 8. The summed E-state index contributed by atoms with van der Waals surface area (Å²) in [7, 11) is 1.60. The fraction of sp³-hybridized carbons (Fsp3) is 0.333. The van der Waals surface area contributed by atoms with Crippen molar-refractivity contribution in [2.75, 3.05) is 43.9 Å². The highest BCUT2D eigenvalue weighted by molar-refractivity contribution is 6.30. The van der Waals surface area contributed by atoms with Crippen LogP contribution in [-0.2, 0) is 4.74 Å². The van der Waals surface area contributed by atoms with Gasteiger partial charge in [0.25, 0.3) is 5.91 Å². The third kappa shape index (κ3) is 7.05. The Morgan fingerprint density at radius 3 is 2.79 bits per heavy atom. The van der Waals surface area contributed by atoms with E-state index in [0.29, 0.717) is 46.8 Å². The van der Waals surface area contributed by atoms with Crippen molar-refractivity contribution in [3.63, 3.8) is 0 Å². The number of nitrogens with zero attached hydrogens (tertiary/aromatic N) is 3. The molecule has 0 saturated carbocycles. The summed E-state index contributed by atoms with van der Waals surface area (Å²) >= 11 is 6.11. The minimum absolute atomic E-state index is 0.193. The van der Waals surface area contributed by atoms with Crippen molar-refractivity contribution < 1.29 is 23.5 Å². The molecule has 0 radical (unpaired) electrons. The molecule has 2 aromatic heterocycles. The molecule has 2 amide bonds. The zero-order chi connectivity index (χ0) is 28.2. The van der Waals surface area contributed by atoms with Gasteiger partial charge < -0.3 is 30.3 Å². The van der Waals surface area contributed by atoms with Crippen LogP contribution in [-0.4, -0.2) is 65.8 Å². The van der Waals surface area contributed by atoms with Crippen molar-refractivity contribution in [2.45, 2.75) is 26.4 Å². The van der Waals surface area contributed by atoms with Crippen LogP contribution >= 0.6 is 11.6 Å². The van der Waals surface area contributed by atoms with Gasteiger partial charge in [0.15, 0.2) is 11.6 Å². The van der Waals surface area contributed by atoms with Gasteiger partial charge in [-0.3, -0.25) is 9.78 Å². The Labute approximate surface area is 230 Å². The van der Waals surface area contributed by atoms with Crippen LogP contribution < -0.4 is 20.7 Å². The van der Waals surface area contributed by atoms with Gasteiger partial charge in [-0.2, -0.15) is 0 Å². The lowest BCUT2D eigenvalue weighted by molar-refractivity contribution is 0.0299. The molecule has 206 valence electrons. The zero-order valence-corrected chi connectivity index (χ0v) is 22.9. The number of fused-ring (bicyclic) bond motifs is 1. The molecule has 0 unspecified atom stereocenters. The SMILES string of the molecule is CN(CCNC(=O)c1cnccc1Nc1cc(-c2cc(Cl)ccc2F)nc2c1OCCN2)C(=O)OC(C)(C)C. The fourth-order valence-electron chi connectivity index (χ4n) is 3.74. The Bertz CT molecular complexity index is 1380. The highest BCUT2D eigenvalue weighted by atomic mass is 35.5. The lowest BCUT2D eigenvalue weighted by atomic mass is 10.1. The minimum atomic E-state index is -0.616. The van der Waals surface area contributed by atoms with Crippen molar-refractivity contribution in [1.82, 2.24) is 20.2 Å². The number of ether oxygens (including phenoxy) is 2. The zero-order valence-electron chi connectivity index (χ0n) is 22.1. The summed E-state index contributed by atoms with van der Waals surface area (Å²) in [5, 5.41) is 9.56. The number of carbonyl (C=O) groups is 2. The van der Waals surface area contributed by atoms with Crippen molar-refractivity contribution >= 4 is 40.8 Å². The first kappa shape index (κ1) is 27.9. The molecule has 12 heteroatoms. The number of likely N-dealkylation sites (N-methyl/N-ethyl adjacent to an activating group) is 1. The topological polar surface area (TPSA) is 118 Å². The van der Waals surface area contributed by atoms with Gasteiger partial charge in [0, 0.05) is 43.1 Å². The molecule has 3 N–H and O–H groups in total. The molecule has 3 aromatic rings. The maximum atomic E-state index is 14.7. The van der Waals surface area contributed by atoms with E-state index in [2.05, 4.69) is 25.9 Å². The number of benzene rings is 1. The number of halogens is 2. The monoisotopic (exact) mass is 556 g/mol. The second kappa shape index (κ2) is 11.7. The molecular formula is C27H30ClFN6O4. The smallest absolute Gasteiger partial charge is 0.410 e. The minimum Gasteiger partial charge on any atom is -0.486 e. The lowest BCUT2D eigenvalue weighted by Gasteiger charge is -2.24. The van der Waals surface area contributed by atoms with E-state index in [9.17, 15) is 14.0 Å². The lowest BCUT2D eigenvalue weighted by Crippen LogP contribution is -2.39. The van der Waals surface area contributed by atoms with Gasteiger partial charge >= 0.3 is 6.09 Å². The summed E-state index contributed by atoms with van der Waals surface area (Å²) in [6.45, 7) is 6.73. The third-order valence-corrected chi connectivity index (χ3v) is 5.83. The summed E-state index contributed by atoms with van der Waals surface area (Å²) < 4.78 is 25.8. The number of amides is 2. The molecule has 0 fully saturated rings. The molecule has 0 aliphatic carbocycles. The number of aromatic nitrogens is 2. The van der Waals surface area contributed by atoms with E-state index >= 15 is 0 Å². The van der Waals surface area contributed by atoms with Crippen LogP contribution in [0.4, 0.5) is 26.4 Å². The van der Waals surface area contributed by atoms with Crippen molar-refractivity contribution in [2.24, 2.45) is 0 Å². The average molecular weight is 557 g/mol. The fourth-order valence-corrected chi connectivity index (χ4v) is 3.91. The predicted octanol–water partition coefficient (Wildman–Crippen LogP) is 5.08. The molecule has 0 bridgehead atoms. The summed E-state index contributed by atoms with van der Waals surface area (Å²) in [5.41, 5.74) is 1.13. The molecule has 3 heterocycles. The highest BCUT2D eigenvalue weighted by Crippen LogP contribution is 2.40. The molecular weight excluding hydrogens is 527 g/mol. The number of anilines is 3. The number of nitrogens with one attached hydrogen (secondary N) is 3. The van der Waals surface area contributed by atoms with Gasteiger partial charge in [-0.05, 0) is 51.1 Å². The van der Waals surface area contributed by atoms with Gasteiger partial charge in [0.2, 0.25) is 0 Å². The van der Waals surface area contributed by atoms with Gasteiger partial charge in [0.1, 0.15) is 18.0 Å². The summed E-state index contributed by atoms with van der Waals surface area (Å²) in [6, 6.07) is 7.52. The molecule has 1 aliphatic rings. The second-order valence-electron chi connectivity index (χ2n) is 9.84. The quantitative estimate of drug-likeness (QED) is 0.369. The van der Waals surface area contributed by atoms with E-state index in [-0.39, 0.29) is 24.2 Å². The van der Waals surface area contributed by atoms with E-state index in [0.717, 1.165) is 0 Å². The maximum Gasteiger partial charge on any atom is 0.410 e. The Morgan fingerprint density at radius 2 is 2.03 bits per heavy atom. The van der Waals surface area contributed by atoms with Crippen molar-refractivity contribution in [3.05, 3.63) is 59.1 Å². The summed E-state index contributed by atoms with van der Waals surface area (Å²) in [4.78, 5) is 35.2. The van der Waals surface area contributed by atoms with Crippen molar-refractivity contribution in [1.29, 1.82) is 0 Å². The van der Waals surface area contributed by atoms with E-state index in [1.165, 1.54) is 29.3 Å². The largest absolute Gasteiger partial charge is 0.486 e. The molecule has 0 atom stereocenters. The Morgan fingerprint density at radius 1 is 1.23 bits per heavy atom. The number of carbonyl (C=O) groups excluding carboxylic acids is 2. The van der Waals surface area contributed by atoms with Crippen LogP contribution in [0.2, 0.25) is 5.02 Å². The van der Waals surface area contributed by atoms with Crippen LogP contribution in [0.15, 0.2) is 42.7 Å². The normalized spacial score (nSPS) is 12.5. The molecule has 39 heavy (non-hydrogen) atoms. The number of pyridine rings is 2. The average Bonchev–Trinajstić information content (AvgIpc) is 2.89. The van der Waals surface area contributed by atoms with Gasteiger partial charge in [-0.1, -0.05) is 11.6 Å². The molecule has 1 aromatic carbocycles. The van der Waals surface area contributed by atoms with Crippen LogP contribution in [0.1, 0.15) is 31.1 Å². The molecule has 4 rings (SSSR count). The number of rotatable bonds is 7. The second-order valence-corrected chi connectivity index (χ2v) is 10.3. The standard InChI is InChI=1S/C27H30ClFN6O4/c1-27(2,3)39-26(37)35(4)11-9-32-25(36)18-15-30-8-7-20(18)33-22-14-21(17-13-16(28)5-6-19(17)29)34-24-23(22)38-12-10-31-24/h5-8,13-15H,9-12H2,1-4H3,(H,32,36)(H2,30,31,33,34). The van der Waals surface area contributed by atoms with Crippen LogP contribution in [0.3, 0.4) is 0 Å². The van der Waals surface area contributed by atoms with E-state index in [4.69, 9.17) is 21.1 Å². The van der Waals surface area contributed by atoms with Crippen LogP contribution in [0.25, 0.3) is 11.3 Å². The molecule has 10 nitrogen and oxygen atoms in total.